The first-order valence-corrected chi connectivity index (χ1v) is 13.3. The SMILES string of the molecule is CCOC(=O)C1=C(C)NC2=C(C(=O)[C@H](C(=O)OCC)[C@H](c3cccc(OC)c3)C2)[C@@H]1c1ccc(OCC)cc1. The predicted molar refractivity (Wildman–Crippen MR) is 145 cm³/mol. The number of methoxy groups -OCH3 is 1. The molecule has 0 bridgehead atoms. The van der Waals surface area contributed by atoms with Gasteiger partial charge in [0.2, 0.25) is 0 Å². The molecule has 0 amide bonds. The topological polar surface area (TPSA) is 100 Å². The van der Waals surface area contributed by atoms with Crippen molar-refractivity contribution in [1.82, 2.24) is 5.32 Å². The molecule has 4 rings (SSSR count). The van der Waals surface area contributed by atoms with E-state index in [4.69, 9.17) is 18.9 Å². The number of carbonyl (C=O) groups is 3. The number of rotatable bonds is 9. The lowest BCUT2D eigenvalue weighted by Crippen LogP contribution is -2.43. The number of nitrogens with one attached hydrogen (secondary N) is 1. The molecule has 0 saturated heterocycles. The molecule has 0 radical (unpaired) electrons. The zero-order valence-electron chi connectivity index (χ0n) is 23.0. The smallest absolute Gasteiger partial charge is 0.336 e. The molecule has 3 atom stereocenters. The second-order valence-electron chi connectivity index (χ2n) is 9.39. The van der Waals surface area contributed by atoms with E-state index in [0.29, 0.717) is 47.1 Å². The van der Waals surface area contributed by atoms with Gasteiger partial charge in [-0.2, -0.15) is 0 Å². The number of dihydropyridines is 1. The van der Waals surface area contributed by atoms with Gasteiger partial charge < -0.3 is 24.3 Å². The lowest BCUT2D eigenvalue weighted by Gasteiger charge is -2.39. The average molecular weight is 534 g/mol. The van der Waals surface area contributed by atoms with E-state index in [1.807, 2.05) is 55.5 Å². The Labute approximate surface area is 229 Å². The van der Waals surface area contributed by atoms with Crippen LogP contribution in [0.3, 0.4) is 0 Å². The van der Waals surface area contributed by atoms with E-state index < -0.39 is 29.7 Å². The Kier molecular flexibility index (Phi) is 8.74. The lowest BCUT2D eigenvalue weighted by molar-refractivity contribution is -0.152. The van der Waals surface area contributed by atoms with Gasteiger partial charge in [-0.25, -0.2) is 4.79 Å². The molecule has 206 valence electrons. The minimum atomic E-state index is -1.08. The van der Waals surface area contributed by atoms with Gasteiger partial charge in [0.05, 0.1) is 32.5 Å². The molecule has 0 spiro atoms. The third-order valence-corrected chi connectivity index (χ3v) is 7.10. The summed E-state index contributed by atoms with van der Waals surface area (Å²) in [6.45, 7) is 8.01. The van der Waals surface area contributed by atoms with Crippen molar-refractivity contribution in [2.45, 2.75) is 46.0 Å². The van der Waals surface area contributed by atoms with Gasteiger partial charge in [0.25, 0.3) is 0 Å². The fourth-order valence-electron chi connectivity index (χ4n) is 5.46. The number of Topliss-reactive ketones (excluding diaryl/α,β-unsaturated/α-hetero) is 1. The first-order chi connectivity index (χ1) is 18.8. The molecule has 1 heterocycles. The first kappa shape index (κ1) is 28.0. The Hall–Kier alpha value is -4.07. The van der Waals surface area contributed by atoms with Crippen molar-refractivity contribution in [2.24, 2.45) is 5.92 Å². The van der Waals surface area contributed by atoms with Crippen LogP contribution in [0.4, 0.5) is 0 Å². The van der Waals surface area contributed by atoms with Gasteiger partial charge >= 0.3 is 11.9 Å². The molecule has 1 aliphatic heterocycles. The van der Waals surface area contributed by atoms with Gasteiger partial charge in [-0.05, 0) is 69.5 Å². The van der Waals surface area contributed by atoms with Crippen LogP contribution in [0.1, 0.15) is 57.1 Å². The fraction of sp³-hybridized carbons (Fsp3) is 0.387. The molecule has 0 unspecified atom stereocenters. The van der Waals surface area contributed by atoms with Crippen LogP contribution in [0, 0.1) is 5.92 Å². The number of benzene rings is 2. The molecule has 0 aromatic heterocycles. The summed E-state index contributed by atoms with van der Waals surface area (Å²) in [5.41, 5.74) is 3.53. The van der Waals surface area contributed by atoms with Crippen molar-refractivity contribution in [3.63, 3.8) is 0 Å². The highest BCUT2D eigenvalue weighted by Gasteiger charge is 2.49. The molecule has 1 aliphatic carbocycles. The maximum absolute atomic E-state index is 14.4. The van der Waals surface area contributed by atoms with Crippen LogP contribution in [-0.2, 0) is 23.9 Å². The van der Waals surface area contributed by atoms with Gasteiger partial charge in [-0.3, -0.25) is 9.59 Å². The van der Waals surface area contributed by atoms with Crippen molar-refractivity contribution >= 4 is 17.7 Å². The summed E-state index contributed by atoms with van der Waals surface area (Å²) in [7, 11) is 1.57. The number of carbonyl (C=O) groups excluding carboxylic acids is 3. The fourth-order valence-corrected chi connectivity index (χ4v) is 5.46. The highest BCUT2D eigenvalue weighted by molar-refractivity contribution is 6.13. The Balaban J connectivity index is 1.88. The predicted octanol–water partition coefficient (Wildman–Crippen LogP) is 4.81. The standard InChI is InChI=1S/C31H35NO7/c1-6-37-21-14-12-19(13-15-21)26-25(30(34)38-7-2)18(4)32-24-17-23(20-10-9-11-22(16-20)36-5)27(29(33)28(24)26)31(35)39-8-3/h9-16,23,26-27,32H,6-8,17H2,1-5H3/t23-,26+,27+/m0/s1. The molecule has 39 heavy (non-hydrogen) atoms. The van der Waals surface area contributed by atoms with E-state index in [2.05, 4.69) is 5.32 Å². The quantitative estimate of drug-likeness (QED) is 0.362. The lowest BCUT2D eigenvalue weighted by atomic mass is 9.67. The van der Waals surface area contributed by atoms with Gasteiger partial charge in [0, 0.05) is 28.8 Å². The Morgan fingerprint density at radius 1 is 0.923 bits per heavy atom. The van der Waals surface area contributed by atoms with E-state index in [1.54, 1.807) is 27.9 Å². The second kappa shape index (κ2) is 12.2. The molecule has 2 aromatic rings. The van der Waals surface area contributed by atoms with Gasteiger partial charge in [0.1, 0.15) is 17.4 Å². The average Bonchev–Trinajstić information content (AvgIpc) is 2.93. The molecule has 2 aliphatic rings. The van der Waals surface area contributed by atoms with Gasteiger partial charge in [0.15, 0.2) is 5.78 Å². The third kappa shape index (κ3) is 5.55. The second-order valence-corrected chi connectivity index (χ2v) is 9.39. The molecule has 0 fully saturated rings. The molecular formula is C31H35NO7. The zero-order valence-corrected chi connectivity index (χ0v) is 23.0. The van der Waals surface area contributed by atoms with Crippen molar-refractivity contribution in [1.29, 1.82) is 0 Å². The summed E-state index contributed by atoms with van der Waals surface area (Å²) in [6, 6.07) is 14.7. The summed E-state index contributed by atoms with van der Waals surface area (Å²) in [5, 5.41) is 3.32. The molecule has 1 N–H and O–H groups in total. The number of hydrogen-bond donors (Lipinski definition) is 1. The van der Waals surface area contributed by atoms with Crippen LogP contribution in [0.25, 0.3) is 0 Å². The van der Waals surface area contributed by atoms with Crippen molar-refractivity contribution in [2.75, 3.05) is 26.9 Å². The monoisotopic (exact) mass is 533 g/mol. The highest BCUT2D eigenvalue weighted by Crippen LogP contribution is 2.48. The van der Waals surface area contributed by atoms with Crippen LogP contribution in [-0.4, -0.2) is 44.7 Å². The Morgan fingerprint density at radius 3 is 2.28 bits per heavy atom. The Bertz CT molecular complexity index is 1310. The van der Waals surface area contributed by atoms with E-state index in [9.17, 15) is 14.4 Å². The summed E-state index contributed by atoms with van der Waals surface area (Å²) in [4.78, 5) is 40.9. The zero-order chi connectivity index (χ0) is 28.1. The minimum absolute atomic E-state index is 0.146. The Morgan fingerprint density at radius 2 is 1.64 bits per heavy atom. The number of hydrogen-bond acceptors (Lipinski definition) is 8. The summed E-state index contributed by atoms with van der Waals surface area (Å²) in [6.07, 6.45) is 0.374. The first-order valence-electron chi connectivity index (χ1n) is 13.3. The van der Waals surface area contributed by atoms with E-state index in [0.717, 1.165) is 11.1 Å². The summed E-state index contributed by atoms with van der Waals surface area (Å²) >= 11 is 0. The van der Waals surface area contributed by atoms with Crippen molar-refractivity contribution in [3.8, 4) is 11.5 Å². The maximum atomic E-state index is 14.4. The molecule has 8 heteroatoms. The summed E-state index contributed by atoms with van der Waals surface area (Å²) < 4.78 is 21.8. The highest BCUT2D eigenvalue weighted by atomic mass is 16.5. The largest absolute Gasteiger partial charge is 0.497 e. The van der Waals surface area contributed by atoms with Gasteiger partial charge in [-0.15, -0.1) is 0 Å². The summed E-state index contributed by atoms with van der Waals surface area (Å²) in [5.74, 6) is -2.43. The van der Waals surface area contributed by atoms with Crippen LogP contribution in [0.2, 0.25) is 0 Å². The molecule has 0 saturated carbocycles. The van der Waals surface area contributed by atoms with E-state index in [-0.39, 0.29) is 19.0 Å². The number of ketones is 1. The number of allylic oxidation sites excluding steroid dienone is 3. The number of ether oxygens (including phenoxy) is 4. The minimum Gasteiger partial charge on any atom is -0.497 e. The van der Waals surface area contributed by atoms with Crippen LogP contribution in [0.5, 0.6) is 11.5 Å². The normalized spacial score (nSPS) is 20.6. The van der Waals surface area contributed by atoms with Crippen LogP contribution < -0.4 is 14.8 Å². The molecule has 2 aromatic carbocycles. The van der Waals surface area contributed by atoms with E-state index in [1.165, 1.54) is 0 Å². The van der Waals surface area contributed by atoms with E-state index >= 15 is 0 Å². The van der Waals surface area contributed by atoms with Crippen LogP contribution >= 0.6 is 0 Å². The number of esters is 2. The third-order valence-electron chi connectivity index (χ3n) is 7.10. The van der Waals surface area contributed by atoms with Gasteiger partial charge in [-0.1, -0.05) is 24.3 Å². The molecular weight excluding hydrogens is 498 g/mol. The van der Waals surface area contributed by atoms with Crippen molar-refractivity contribution < 1.29 is 33.3 Å². The molecule has 8 nitrogen and oxygen atoms in total. The van der Waals surface area contributed by atoms with Crippen molar-refractivity contribution in [3.05, 3.63) is 82.2 Å². The van der Waals surface area contributed by atoms with Crippen LogP contribution in [0.15, 0.2) is 71.1 Å². The maximum Gasteiger partial charge on any atom is 0.336 e.